The minimum absolute atomic E-state index is 0.160. The number of carbonyl (C=O) groups excluding carboxylic acids is 1. The number of rotatable bonds is 8. The Hall–Kier alpha value is -1.09. The minimum atomic E-state index is -0.640. The van der Waals surface area contributed by atoms with E-state index in [0.717, 1.165) is 0 Å². The second-order valence-corrected chi connectivity index (χ2v) is 3.33. The standard InChI is InChI=1S/C11H20N2O3/c1-4-5-10(12)11(14)13(6-8-15-2)7-9-16-3/h1,10H,5-9,12H2,2-3H3. The summed E-state index contributed by atoms with van der Waals surface area (Å²) in [5.41, 5.74) is 5.66. The quantitative estimate of drug-likeness (QED) is 0.567. The van der Waals surface area contributed by atoms with Gasteiger partial charge >= 0.3 is 0 Å². The van der Waals surface area contributed by atoms with Gasteiger partial charge in [-0.25, -0.2) is 0 Å². The minimum Gasteiger partial charge on any atom is -0.383 e. The van der Waals surface area contributed by atoms with Crippen LogP contribution >= 0.6 is 0 Å². The second kappa shape index (κ2) is 9.16. The third kappa shape index (κ3) is 5.71. The van der Waals surface area contributed by atoms with Gasteiger partial charge in [-0.3, -0.25) is 4.79 Å². The number of methoxy groups -OCH3 is 2. The Morgan fingerprint density at radius 3 is 2.25 bits per heavy atom. The van der Waals surface area contributed by atoms with E-state index in [1.54, 1.807) is 19.1 Å². The molecule has 0 aliphatic carbocycles. The van der Waals surface area contributed by atoms with Crippen LogP contribution in [0.1, 0.15) is 6.42 Å². The highest BCUT2D eigenvalue weighted by molar-refractivity contribution is 5.82. The highest BCUT2D eigenvalue weighted by Crippen LogP contribution is 1.97. The van der Waals surface area contributed by atoms with E-state index >= 15 is 0 Å². The summed E-state index contributed by atoms with van der Waals surface area (Å²) in [4.78, 5) is 13.4. The maximum absolute atomic E-state index is 11.8. The highest BCUT2D eigenvalue weighted by Gasteiger charge is 2.19. The van der Waals surface area contributed by atoms with Gasteiger partial charge in [-0.2, -0.15) is 0 Å². The van der Waals surface area contributed by atoms with Crippen LogP contribution in [0.25, 0.3) is 0 Å². The summed E-state index contributed by atoms with van der Waals surface area (Å²) in [6, 6.07) is -0.640. The van der Waals surface area contributed by atoms with Gasteiger partial charge in [0.25, 0.3) is 0 Å². The lowest BCUT2D eigenvalue weighted by Crippen LogP contribution is -2.46. The molecule has 2 N–H and O–H groups in total. The first-order valence-corrected chi connectivity index (χ1v) is 5.13. The van der Waals surface area contributed by atoms with E-state index < -0.39 is 6.04 Å². The maximum Gasteiger partial charge on any atom is 0.240 e. The summed E-state index contributed by atoms with van der Waals surface area (Å²) < 4.78 is 9.85. The lowest BCUT2D eigenvalue weighted by molar-refractivity contribution is -0.133. The fourth-order valence-electron chi connectivity index (χ4n) is 1.18. The molecule has 1 atom stereocenters. The van der Waals surface area contributed by atoms with Gasteiger partial charge in [0.1, 0.15) is 0 Å². The highest BCUT2D eigenvalue weighted by atomic mass is 16.5. The molecule has 92 valence electrons. The third-order valence-electron chi connectivity index (χ3n) is 2.10. The lowest BCUT2D eigenvalue weighted by Gasteiger charge is -2.24. The van der Waals surface area contributed by atoms with Crippen molar-refractivity contribution in [2.45, 2.75) is 12.5 Å². The van der Waals surface area contributed by atoms with E-state index in [0.29, 0.717) is 26.3 Å². The number of ether oxygens (including phenoxy) is 2. The summed E-state index contributed by atoms with van der Waals surface area (Å²) in [5, 5.41) is 0. The Morgan fingerprint density at radius 1 is 1.38 bits per heavy atom. The smallest absolute Gasteiger partial charge is 0.240 e. The van der Waals surface area contributed by atoms with Gasteiger partial charge in [-0.1, -0.05) is 0 Å². The van der Waals surface area contributed by atoms with Crippen molar-refractivity contribution in [3.05, 3.63) is 0 Å². The fourth-order valence-corrected chi connectivity index (χ4v) is 1.18. The molecule has 0 radical (unpaired) electrons. The molecule has 5 nitrogen and oxygen atoms in total. The maximum atomic E-state index is 11.8. The van der Waals surface area contributed by atoms with E-state index in [-0.39, 0.29) is 12.3 Å². The van der Waals surface area contributed by atoms with Gasteiger partial charge in [-0.15, -0.1) is 12.3 Å². The summed E-state index contributed by atoms with van der Waals surface area (Å²) in [6.45, 7) is 1.93. The largest absolute Gasteiger partial charge is 0.383 e. The molecule has 0 aromatic heterocycles. The molecule has 0 aromatic rings. The number of carbonyl (C=O) groups is 1. The summed E-state index contributed by atoms with van der Waals surface area (Å²) in [6.07, 6.45) is 5.36. The van der Waals surface area contributed by atoms with Crippen molar-refractivity contribution in [2.75, 3.05) is 40.5 Å². The molecule has 5 heteroatoms. The molecule has 1 amide bonds. The molecule has 0 bridgehead atoms. The van der Waals surface area contributed by atoms with Crippen molar-refractivity contribution in [2.24, 2.45) is 5.73 Å². The van der Waals surface area contributed by atoms with Gasteiger partial charge in [0, 0.05) is 33.7 Å². The predicted octanol–water partition coefficient (Wildman–Crippen LogP) is -0.542. The monoisotopic (exact) mass is 228 g/mol. The van der Waals surface area contributed by atoms with Crippen molar-refractivity contribution in [3.8, 4) is 12.3 Å². The molecule has 0 aromatic carbocycles. The first kappa shape index (κ1) is 14.9. The van der Waals surface area contributed by atoms with Crippen LogP contribution < -0.4 is 5.73 Å². The molecule has 0 rings (SSSR count). The van der Waals surface area contributed by atoms with Gasteiger partial charge in [-0.05, 0) is 0 Å². The van der Waals surface area contributed by atoms with Crippen LogP contribution in [-0.4, -0.2) is 57.4 Å². The number of hydrogen-bond donors (Lipinski definition) is 1. The van der Waals surface area contributed by atoms with Crippen molar-refractivity contribution >= 4 is 5.91 Å². The van der Waals surface area contributed by atoms with Gasteiger partial charge in [0.2, 0.25) is 5.91 Å². The number of nitrogens with zero attached hydrogens (tertiary/aromatic N) is 1. The molecule has 0 aliphatic heterocycles. The Kier molecular flexibility index (Phi) is 8.53. The van der Waals surface area contributed by atoms with Crippen LogP contribution in [0.3, 0.4) is 0 Å². The van der Waals surface area contributed by atoms with Crippen molar-refractivity contribution in [1.29, 1.82) is 0 Å². The zero-order valence-electron chi connectivity index (χ0n) is 9.94. The van der Waals surface area contributed by atoms with Crippen molar-refractivity contribution < 1.29 is 14.3 Å². The normalized spacial score (nSPS) is 11.9. The van der Waals surface area contributed by atoms with Gasteiger partial charge in [0.05, 0.1) is 19.3 Å². The number of amides is 1. The van der Waals surface area contributed by atoms with E-state index in [9.17, 15) is 4.79 Å². The van der Waals surface area contributed by atoms with Gasteiger partial charge < -0.3 is 20.1 Å². The van der Waals surface area contributed by atoms with Crippen LogP contribution in [0.2, 0.25) is 0 Å². The molecule has 0 saturated heterocycles. The van der Waals surface area contributed by atoms with Crippen LogP contribution in [0.15, 0.2) is 0 Å². The van der Waals surface area contributed by atoms with Gasteiger partial charge in [0.15, 0.2) is 0 Å². The Labute approximate surface area is 96.9 Å². The zero-order valence-corrected chi connectivity index (χ0v) is 9.94. The summed E-state index contributed by atoms with van der Waals surface area (Å²) in [7, 11) is 3.17. The number of terminal acetylenes is 1. The Morgan fingerprint density at radius 2 is 1.88 bits per heavy atom. The second-order valence-electron chi connectivity index (χ2n) is 3.33. The Bertz CT molecular complexity index is 230. The number of nitrogens with two attached hydrogens (primary N) is 1. The lowest BCUT2D eigenvalue weighted by atomic mass is 10.2. The fraction of sp³-hybridized carbons (Fsp3) is 0.727. The zero-order chi connectivity index (χ0) is 12.4. The molecule has 0 saturated carbocycles. The molecular weight excluding hydrogens is 208 g/mol. The average molecular weight is 228 g/mol. The van der Waals surface area contributed by atoms with E-state index in [1.807, 2.05) is 0 Å². The Balaban J connectivity index is 4.24. The van der Waals surface area contributed by atoms with Crippen LogP contribution in [0, 0.1) is 12.3 Å². The van der Waals surface area contributed by atoms with E-state index in [2.05, 4.69) is 5.92 Å². The SMILES string of the molecule is C#CCC(N)C(=O)N(CCOC)CCOC. The molecule has 0 aliphatic rings. The topological polar surface area (TPSA) is 64.8 Å². The van der Waals surface area contributed by atoms with Crippen LogP contribution in [0.4, 0.5) is 0 Å². The van der Waals surface area contributed by atoms with Crippen molar-refractivity contribution in [3.63, 3.8) is 0 Å². The summed E-state index contributed by atoms with van der Waals surface area (Å²) >= 11 is 0. The van der Waals surface area contributed by atoms with Crippen LogP contribution in [-0.2, 0) is 14.3 Å². The molecule has 1 unspecified atom stereocenters. The van der Waals surface area contributed by atoms with E-state index in [1.165, 1.54) is 0 Å². The molecule has 0 heterocycles. The molecule has 16 heavy (non-hydrogen) atoms. The average Bonchev–Trinajstić information content (AvgIpc) is 2.29. The van der Waals surface area contributed by atoms with Crippen molar-refractivity contribution in [1.82, 2.24) is 4.90 Å². The third-order valence-corrected chi connectivity index (χ3v) is 2.10. The predicted molar refractivity (Wildman–Crippen MR) is 61.8 cm³/mol. The molecule has 0 fully saturated rings. The van der Waals surface area contributed by atoms with E-state index in [4.69, 9.17) is 21.6 Å². The molecular formula is C11H20N2O3. The number of hydrogen-bond acceptors (Lipinski definition) is 4. The summed E-state index contributed by atoms with van der Waals surface area (Å²) in [5.74, 6) is 2.22. The molecule has 0 spiro atoms. The van der Waals surface area contributed by atoms with Crippen LogP contribution in [0.5, 0.6) is 0 Å². The first-order valence-electron chi connectivity index (χ1n) is 5.13. The first-order chi connectivity index (χ1) is 7.67.